The summed E-state index contributed by atoms with van der Waals surface area (Å²) in [6.45, 7) is 6.82. The maximum absolute atomic E-state index is 11.9. The van der Waals surface area contributed by atoms with Crippen LogP contribution in [0.3, 0.4) is 0 Å². The Hall–Kier alpha value is -2.09. The van der Waals surface area contributed by atoms with Gasteiger partial charge in [0.25, 0.3) is 0 Å². The number of benzene rings is 3. The van der Waals surface area contributed by atoms with Crippen LogP contribution in [0.2, 0.25) is 0 Å². The lowest BCUT2D eigenvalue weighted by Gasteiger charge is -2.29. The van der Waals surface area contributed by atoms with E-state index in [1.807, 2.05) is 44.2 Å². The molecule has 0 radical (unpaired) electrons. The highest BCUT2D eigenvalue weighted by atomic mass is 32.2. The first-order valence-corrected chi connectivity index (χ1v) is 13.5. The zero-order valence-electron chi connectivity index (χ0n) is 17.4. The first-order chi connectivity index (χ1) is 14.3. The maximum Gasteiger partial charge on any atom is 0.124 e. The van der Waals surface area contributed by atoms with Crippen molar-refractivity contribution in [1.29, 1.82) is 0 Å². The fraction of sp³-hybridized carbons (Fsp3) is 0.182. The second kappa shape index (κ2) is 8.45. The van der Waals surface area contributed by atoms with Crippen LogP contribution in [0, 0.1) is 27.7 Å². The number of hydrogen-bond donors (Lipinski definition) is 0. The topological polar surface area (TPSA) is 114 Å². The SMILES string of the molecule is Cc1ccc(S(=O)(=O)[O-])c(C)c1P(c1ccccc1)c1c(C)ccc(S(=O)(=O)[O-])c1C. The number of hydrogen-bond acceptors (Lipinski definition) is 6. The third-order valence-electron chi connectivity index (χ3n) is 5.17. The van der Waals surface area contributed by atoms with Crippen molar-refractivity contribution in [2.24, 2.45) is 0 Å². The molecule has 0 aliphatic rings. The third kappa shape index (κ3) is 4.59. The van der Waals surface area contributed by atoms with Crippen molar-refractivity contribution in [3.05, 3.63) is 76.9 Å². The highest BCUT2D eigenvalue weighted by molar-refractivity contribution is 7.86. The maximum atomic E-state index is 11.9. The summed E-state index contributed by atoms with van der Waals surface area (Å²) in [6.07, 6.45) is 0. The molecule has 0 heterocycles. The Labute approximate surface area is 184 Å². The molecule has 0 bridgehead atoms. The van der Waals surface area contributed by atoms with Crippen LogP contribution in [0.5, 0.6) is 0 Å². The van der Waals surface area contributed by atoms with E-state index < -0.39 is 28.2 Å². The molecule has 3 aromatic carbocycles. The third-order valence-corrected chi connectivity index (χ3v) is 10.2. The average Bonchev–Trinajstić information content (AvgIpc) is 2.65. The van der Waals surface area contributed by atoms with Crippen molar-refractivity contribution in [2.45, 2.75) is 37.5 Å². The van der Waals surface area contributed by atoms with Crippen molar-refractivity contribution < 1.29 is 25.9 Å². The molecular formula is C22H21O6PS2-2. The van der Waals surface area contributed by atoms with Crippen LogP contribution in [0.1, 0.15) is 22.3 Å². The van der Waals surface area contributed by atoms with E-state index >= 15 is 0 Å². The quantitative estimate of drug-likeness (QED) is 0.413. The Bertz CT molecular complexity index is 1280. The summed E-state index contributed by atoms with van der Waals surface area (Å²) >= 11 is 0. The molecule has 0 aliphatic heterocycles. The highest BCUT2D eigenvalue weighted by Gasteiger charge is 2.27. The lowest BCUT2D eigenvalue weighted by Crippen LogP contribution is -2.29. The van der Waals surface area contributed by atoms with Crippen LogP contribution in [0.15, 0.2) is 64.4 Å². The molecule has 3 aromatic rings. The monoisotopic (exact) mass is 476 g/mol. The highest BCUT2D eigenvalue weighted by Crippen LogP contribution is 2.40. The molecule has 31 heavy (non-hydrogen) atoms. The van der Waals surface area contributed by atoms with Gasteiger partial charge in [-0.05, 0) is 85.9 Å². The summed E-state index contributed by atoms with van der Waals surface area (Å²) in [7, 11) is -10.9. The van der Waals surface area contributed by atoms with Gasteiger partial charge in [-0.1, -0.05) is 42.5 Å². The average molecular weight is 477 g/mol. The Morgan fingerprint density at radius 1 is 0.613 bits per heavy atom. The Morgan fingerprint density at radius 3 is 1.35 bits per heavy atom. The van der Waals surface area contributed by atoms with Gasteiger partial charge < -0.3 is 9.11 Å². The van der Waals surface area contributed by atoms with Gasteiger partial charge in [-0.25, -0.2) is 16.8 Å². The molecule has 0 fully saturated rings. The molecule has 0 saturated heterocycles. The van der Waals surface area contributed by atoms with E-state index in [0.717, 1.165) is 16.4 Å². The van der Waals surface area contributed by atoms with Crippen LogP contribution in [0.25, 0.3) is 0 Å². The molecule has 0 unspecified atom stereocenters. The first kappa shape index (κ1) is 23.6. The van der Waals surface area contributed by atoms with E-state index in [0.29, 0.717) is 21.7 Å². The molecule has 9 heteroatoms. The van der Waals surface area contributed by atoms with Gasteiger partial charge in [-0.2, -0.15) is 0 Å². The molecule has 164 valence electrons. The molecule has 0 atom stereocenters. The van der Waals surface area contributed by atoms with Gasteiger partial charge in [0.15, 0.2) is 0 Å². The summed E-state index contributed by atoms with van der Waals surface area (Å²) in [4.78, 5) is -0.612. The standard InChI is InChI=1S/C22H23O6PS2/c1-14-10-12-19(30(23,24)25)16(3)21(14)29(18-8-6-5-7-9-18)22-15(2)11-13-20(17(22)4)31(26,27)28/h5-13H,1-4H3,(H,23,24,25)(H,26,27,28)/p-2. The molecule has 0 aromatic heterocycles. The van der Waals surface area contributed by atoms with E-state index in [1.54, 1.807) is 26.0 Å². The van der Waals surface area contributed by atoms with Crippen molar-refractivity contribution in [2.75, 3.05) is 0 Å². The molecule has 3 rings (SSSR count). The summed E-state index contributed by atoms with van der Waals surface area (Å²) in [5.41, 5.74) is 2.21. The molecule has 0 N–H and O–H groups in total. The molecular weight excluding hydrogens is 455 g/mol. The van der Waals surface area contributed by atoms with Crippen molar-refractivity contribution in [3.8, 4) is 0 Å². The summed E-state index contributed by atoms with van der Waals surface area (Å²) in [5.74, 6) is 0. The normalized spacial score (nSPS) is 12.4. The van der Waals surface area contributed by atoms with Gasteiger partial charge in [0.1, 0.15) is 20.2 Å². The van der Waals surface area contributed by atoms with Gasteiger partial charge in [0, 0.05) is 0 Å². The van der Waals surface area contributed by atoms with Crippen LogP contribution >= 0.6 is 7.92 Å². The first-order valence-electron chi connectivity index (χ1n) is 9.31. The van der Waals surface area contributed by atoms with Gasteiger partial charge in [-0.15, -0.1) is 0 Å². The van der Waals surface area contributed by atoms with Crippen molar-refractivity contribution >= 4 is 44.1 Å². The van der Waals surface area contributed by atoms with E-state index in [4.69, 9.17) is 0 Å². The molecule has 6 nitrogen and oxygen atoms in total. The second-order valence-electron chi connectivity index (χ2n) is 7.29. The zero-order valence-corrected chi connectivity index (χ0v) is 19.9. The van der Waals surface area contributed by atoms with E-state index in [9.17, 15) is 25.9 Å². The smallest absolute Gasteiger partial charge is 0.124 e. The summed E-state index contributed by atoms with van der Waals surface area (Å²) in [5, 5.41) is 2.16. The van der Waals surface area contributed by atoms with Gasteiger partial charge in [-0.3, -0.25) is 0 Å². The Balaban J connectivity index is 2.49. The zero-order chi connectivity index (χ0) is 23.1. The van der Waals surface area contributed by atoms with Gasteiger partial charge >= 0.3 is 0 Å². The summed E-state index contributed by atoms with van der Waals surface area (Å²) < 4.78 is 71.2. The van der Waals surface area contributed by atoms with Gasteiger partial charge in [0.2, 0.25) is 0 Å². The minimum absolute atomic E-state index is 0.306. The van der Waals surface area contributed by atoms with Crippen LogP contribution in [-0.2, 0) is 20.2 Å². The van der Waals surface area contributed by atoms with Gasteiger partial charge in [0.05, 0.1) is 9.79 Å². The van der Waals surface area contributed by atoms with Crippen LogP contribution in [-0.4, -0.2) is 25.9 Å². The molecule has 0 saturated carbocycles. The van der Waals surface area contributed by atoms with Crippen molar-refractivity contribution in [1.82, 2.24) is 0 Å². The largest absolute Gasteiger partial charge is 0.744 e. The molecule has 0 amide bonds. The minimum Gasteiger partial charge on any atom is -0.744 e. The predicted molar refractivity (Wildman–Crippen MR) is 120 cm³/mol. The molecule has 0 aliphatic carbocycles. The van der Waals surface area contributed by atoms with E-state index in [2.05, 4.69) is 0 Å². The Kier molecular flexibility index (Phi) is 6.42. The second-order valence-corrected chi connectivity index (χ2v) is 12.1. The minimum atomic E-state index is -4.71. The fourth-order valence-electron chi connectivity index (χ4n) is 3.81. The van der Waals surface area contributed by atoms with Crippen LogP contribution < -0.4 is 15.9 Å². The van der Waals surface area contributed by atoms with Crippen LogP contribution in [0.4, 0.5) is 0 Å². The van der Waals surface area contributed by atoms with E-state index in [1.165, 1.54) is 12.1 Å². The summed E-state index contributed by atoms with van der Waals surface area (Å²) in [6, 6.07) is 15.0. The Morgan fingerprint density at radius 2 is 1.00 bits per heavy atom. The number of rotatable bonds is 5. The predicted octanol–water partition coefficient (Wildman–Crippen LogP) is 2.49. The lowest BCUT2D eigenvalue weighted by atomic mass is 10.1. The fourth-order valence-corrected chi connectivity index (χ4v) is 8.36. The van der Waals surface area contributed by atoms with E-state index in [-0.39, 0.29) is 9.79 Å². The number of aryl methyl sites for hydroxylation is 2. The lowest BCUT2D eigenvalue weighted by molar-refractivity contribution is 0.460. The van der Waals surface area contributed by atoms with Crippen molar-refractivity contribution in [3.63, 3.8) is 0 Å². The molecule has 0 spiro atoms.